The van der Waals surface area contributed by atoms with Gasteiger partial charge in [-0.3, -0.25) is 14.7 Å². The van der Waals surface area contributed by atoms with Gasteiger partial charge in [0.2, 0.25) is 5.91 Å². The first kappa shape index (κ1) is 25.2. The Morgan fingerprint density at radius 3 is 2.68 bits per heavy atom. The summed E-state index contributed by atoms with van der Waals surface area (Å²) < 4.78 is 0.502. The Bertz CT molecular complexity index is 1360. The lowest BCUT2D eigenvalue weighted by Crippen LogP contribution is -2.53. The molecule has 0 saturated carbocycles. The normalized spacial score (nSPS) is 17.8. The molecule has 2 aliphatic heterocycles. The Morgan fingerprint density at radius 2 is 1.89 bits per heavy atom. The van der Waals surface area contributed by atoms with Crippen molar-refractivity contribution in [3.05, 3.63) is 41.3 Å². The number of aromatic amines is 1. The van der Waals surface area contributed by atoms with E-state index in [1.54, 1.807) is 0 Å². The van der Waals surface area contributed by atoms with Crippen LogP contribution in [0.1, 0.15) is 47.6 Å². The van der Waals surface area contributed by atoms with Crippen molar-refractivity contribution in [2.75, 3.05) is 31.1 Å². The fraction of sp³-hybridized carbons (Fsp3) is 0.417. The van der Waals surface area contributed by atoms with Gasteiger partial charge in [0.05, 0.1) is 22.4 Å². The van der Waals surface area contributed by atoms with E-state index in [0.29, 0.717) is 42.1 Å². The predicted molar refractivity (Wildman–Crippen MR) is 149 cm³/mol. The molecule has 2 saturated heterocycles. The Morgan fingerprint density at radius 1 is 1.11 bits per heavy atom. The molecule has 0 aliphatic carbocycles. The number of anilines is 2. The van der Waals surface area contributed by atoms with Crippen LogP contribution in [0.2, 0.25) is 0 Å². The van der Waals surface area contributed by atoms with Crippen molar-refractivity contribution < 1.29 is 9.59 Å². The van der Waals surface area contributed by atoms with E-state index in [4.69, 9.17) is 11.5 Å². The van der Waals surface area contributed by atoms with E-state index in [0.717, 1.165) is 42.3 Å². The van der Waals surface area contributed by atoms with E-state index in [9.17, 15) is 9.59 Å². The molecule has 2 aliphatic rings. The van der Waals surface area contributed by atoms with Crippen molar-refractivity contribution in [2.24, 2.45) is 4.99 Å². The summed E-state index contributed by atoms with van der Waals surface area (Å²) in [5, 5.41) is 15.1. The zero-order chi connectivity index (χ0) is 26.0. The van der Waals surface area contributed by atoms with Gasteiger partial charge in [-0.05, 0) is 31.7 Å². The average molecular weight is 616 g/mol. The summed E-state index contributed by atoms with van der Waals surface area (Å²) in [7, 11) is 0. The maximum Gasteiger partial charge on any atom is 0.302 e. The van der Waals surface area contributed by atoms with E-state index in [1.807, 2.05) is 29.2 Å². The van der Waals surface area contributed by atoms with Crippen LogP contribution in [0.15, 0.2) is 29.3 Å². The summed E-state index contributed by atoms with van der Waals surface area (Å²) in [6.45, 7) is 1.92. The first-order valence-corrected chi connectivity index (χ1v) is 13.7. The molecule has 1 aromatic carbocycles. The predicted octanol–water partition coefficient (Wildman–Crippen LogP) is 1.53. The number of alkyl halides is 1. The van der Waals surface area contributed by atoms with E-state index in [-0.39, 0.29) is 28.8 Å². The molecule has 2 amide bonds. The Balaban J connectivity index is 1.12. The minimum atomic E-state index is -0.583. The van der Waals surface area contributed by atoms with Gasteiger partial charge in [0.25, 0.3) is 0 Å². The summed E-state index contributed by atoms with van der Waals surface area (Å²) in [4.78, 5) is 39.9. The molecule has 3 aromatic rings. The fourth-order valence-electron chi connectivity index (χ4n) is 4.83. The van der Waals surface area contributed by atoms with Gasteiger partial charge in [0.1, 0.15) is 5.82 Å². The molecule has 13 heteroatoms. The van der Waals surface area contributed by atoms with E-state index in [1.165, 1.54) is 0 Å². The first-order chi connectivity index (χ1) is 17.9. The molecule has 5 rings (SSSR count). The number of piperidine rings is 1. The number of nitrogens with two attached hydrogens (primary N) is 2. The van der Waals surface area contributed by atoms with Crippen LogP contribution in [0, 0.1) is 0 Å². The molecule has 1 spiro atoms. The number of hydrogen-bond donors (Lipinski definition) is 5. The van der Waals surface area contributed by atoms with Crippen LogP contribution >= 0.6 is 22.6 Å². The number of benzene rings is 1. The van der Waals surface area contributed by atoms with Crippen molar-refractivity contribution in [1.82, 2.24) is 35.7 Å². The third kappa shape index (κ3) is 5.31. The van der Waals surface area contributed by atoms with Crippen LogP contribution in [0.4, 0.5) is 11.6 Å². The molecule has 0 unspecified atom stereocenters. The Labute approximate surface area is 227 Å². The number of fused-ring (bicyclic) bond motifs is 1. The molecular weight excluding hydrogens is 587 g/mol. The van der Waals surface area contributed by atoms with Crippen molar-refractivity contribution in [2.45, 2.75) is 42.1 Å². The maximum absolute atomic E-state index is 12.8. The number of aliphatic imine (C=N–C) groups is 1. The van der Waals surface area contributed by atoms with Gasteiger partial charge in [-0.2, -0.15) is 10.1 Å². The number of amides is 2. The minimum Gasteiger partial charge on any atom is -0.382 e. The molecule has 194 valence electrons. The summed E-state index contributed by atoms with van der Waals surface area (Å²) >= 11 is 2.10. The number of guanidine groups is 1. The highest BCUT2D eigenvalue weighted by Gasteiger charge is 2.40. The van der Waals surface area contributed by atoms with Gasteiger partial charge in [-0.25, -0.2) is 9.97 Å². The van der Waals surface area contributed by atoms with Gasteiger partial charge in [-0.15, -0.1) is 0 Å². The number of rotatable bonds is 6. The van der Waals surface area contributed by atoms with E-state index >= 15 is 0 Å². The maximum atomic E-state index is 12.8. The fourth-order valence-corrected chi connectivity index (χ4v) is 5.39. The molecule has 4 heterocycles. The molecule has 0 radical (unpaired) electrons. The average Bonchev–Trinajstić information content (AvgIpc) is 3.48. The quantitative estimate of drug-likeness (QED) is 0.203. The standard InChI is InChI=1S/C24H29IN10O2/c25-12-17-20(26)30-21(27)19(29-17)22(37)31-23-28-13-24(32-23)8-10-35(11-9-24)18(36)7-3-6-16-14-4-1-2-5-15(14)33-34-16/h1-2,4-5H,3,6-13H2,(H,33,34)(H4,26,27,30)(H2,28,31,32,37). The number of hydrogen-bond acceptors (Lipinski definition) is 7. The number of carbonyl (C=O) groups is 2. The number of H-pyrrole nitrogens is 1. The molecular formula is C24H29IN10O2. The third-order valence-electron chi connectivity index (χ3n) is 6.97. The van der Waals surface area contributed by atoms with Crippen LogP contribution in [-0.4, -0.2) is 68.0 Å². The number of aryl methyl sites for hydroxylation is 1. The number of halogens is 1. The number of nitrogen functional groups attached to an aromatic ring is 2. The Hall–Kier alpha value is -3.49. The van der Waals surface area contributed by atoms with Crippen LogP contribution in [0.5, 0.6) is 0 Å². The second-order valence-corrected chi connectivity index (χ2v) is 10.2. The number of carbonyl (C=O) groups excluding carboxylic acids is 2. The SMILES string of the molecule is Nc1nc(N)c(C(=O)/N=C2\NCC3(CCN(C(=O)CCCc4n[nH]c5ccccc45)CC3)N2)nc1CI. The van der Waals surface area contributed by atoms with Crippen molar-refractivity contribution >= 4 is 62.9 Å². The number of nitrogens with one attached hydrogen (secondary N) is 3. The van der Waals surface area contributed by atoms with Gasteiger partial charge in [0, 0.05) is 35.9 Å². The lowest BCUT2D eigenvalue weighted by atomic mass is 9.88. The zero-order valence-electron chi connectivity index (χ0n) is 20.3. The first-order valence-electron chi connectivity index (χ1n) is 12.2. The smallest absolute Gasteiger partial charge is 0.302 e. The van der Waals surface area contributed by atoms with Crippen molar-refractivity contribution in [1.29, 1.82) is 0 Å². The molecule has 7 N–H and O–H groups in total. The van der Waals surface area contributed by atoms with Gasteiger partial charge in [-0.1, -0.05) is 40.8 Å². The van der Waals surface area contributed by atoms with Gasteiger partial charge < -0.3 is 27.0 Å². The van der Waals surface area contributed by atoms with E-state index < -0.39 is 5.91 Å². The number of nitrogens with zero attached hydrogens (tertiary/aromatic N) is 5. The summed E-state index contributed by atoms with van der Waals surface area (Å²) in [6, 6.07) is 8.03. The van der Waals surface area contributed by atoms with Gasteiger partial charge >= 0.3 is 5.91 Å². The number of para-hydroxylation sites is 1. The van der Waals surface area contributed by atoms with Gasteiger partial charge in [0.15, 0.2) is 17.5 Å². The highest BCUT2D eigenvalue weighted by molar-refractivity contribution is 14.1. The molecule has 0 atom stereocenters. The topological polar surface area (TPSA) is 180 Å². The lowest BCUT2D eigenvalue weighted by molar-refractivity contribution is -0.132. The third-order valence-corrected chi connectivity index (χ3v) is 7.70. The van der Waals surface area contributed by atoms with Crippen LogP contribution in [0.25, 0.3) is 10.9 Å². The molecule has 37 heavy (non-hydrogen) atoms. The van der Waals surface area contributed by atoms with Crippen LogP contribution < -0.4 is 22.1 Å². The molecule has 12 nitrogen and oxygen atoms in total. The van der Waals surface area contributed by atoms with Crippen molar-refractivity contribution in [3.63, 3.8) is 0 Å². The highest BCUT2D eigenvalue weighted by Crippen LogP contribution is 2.26. The number of likely N-dealkylation sites (tertiary alicyclic amines) is 1. The number of aromatic nitrogens is 4. The zero-order valence-corrected chi connectivity index (χ0v) is 22.4. The minimum absolute atomic E-state index is 0.0128. The van der Waals surface area contributed by atoms with Crippen LogP contribution in [-0.2, 0) is 15.6 Å². The second-order valence-electron chi connectivity index (χ2n) is 9.40. The highest BCUT2D eigenvalue weighted by atomic mass is 127. The summed E-state index contributed by atoms with van der Waals surface area (Å²) in [5.41, 5.74) is 13.9. The lowest BCUT2D eigenvalue weighted by Gasteiger charge is -2.38. The second kappa shape index (κ2) is 10.5. The molecule has 2 aromatic heterocycles. The van der Waals surface area contributed by atoms with E-state index in [2.05, 4.69) is 58.4 Å². The van der Waals surface area contributed by atoms with Crippen LogP contribution in [0.3, 0.4) is 0 Å². The molecule has 2 fully saturated rings. The molecule has 0 bridgehead atoms. The van der Waals surface area contributed by atoms with Crippen molar-refractivity contribution in [3.8, 4) is 0 Å². The summed E-state index contributed by atoms with van der Waals surface area (Å²) in [6.07, 6.45) is 3.52. The Kier molecular flexibility index (Phi) is 7.13. The largest absolute Gasteiger partial charge is 0.382 e. The monoisotopic (exact) mass is 616 g/mol. The summed E-state index contributed by atoms with van der Waals surface area (Å²) in [5.74, 6) is 0.127.